The molecule has 4 nitrogen and oxygen atoms in total. The summed E-state index contributed by atoms with van der Waals surface area (Å²) < 4.78 is 4.04. The molecule has 16 heavy (non-hydrogen) atoms. The van der Waals surface area contributed by atoms with Crippen molar-refractivity contribution < 1.29 is 0 Å². The Morgan fingerprint density at radius 1 is 1.25 bits per heavy atom. The standard InChI is InChI=1S/C12H18N4/c1-4-15-9-12(7-13-15)8-14-16-10(2)5-6-11(16)3/h5-7,9,14H,4,8H2,1-3H3. The summed E-state index contributed by atoms with van der Waals surface area (Å²) in [5, 5.41) is 4.25. The molecule has 0 aliphatic rings. The molecule has 2 rings (SSSR count). The number of hydrogen-bond donors (Lipinski definition) is 1. The molecule has 86 valence electrons. The maximum atomic E-state index is 4.25. The van der Waals surface area contributed by atoms with Crippen LogP contribution in [0, 0.1) is 13.8 Å². The van der Waals surface area contributed by atoms with Crippen molar-refractivity contribution >= 4 is 0 Å². The molecule has 0 atom stereocenters. The van der Waals surface area contributed by atoms with Crippen molar-refractivity contribution in [3.63, 3.8) is 0 Å². The molecule has 0 spiro atoms. The highest BCUT2D eigenvalue weighted by Gasteiger charge is 2.01. The van der Waals surface area contributed by atoms with Gasteiger partial charge in [-0.1, -0.05) is 0 Å². The molecule has 0 aliphatic heterocycles. The summed E-state index contributed by atoms with van der Waals surface area (Å²) in [6.07, 6.45) is 3.98. The quantitative estimate of drug-likeness (QED) is 0.852. The zero-order chi connectivity index (χ0) is 11.5. The smallest absolute Gasteiger partial charge is 0.0595 e. The summed E-state index contributed by atoms with van der Waals surface area (Å²) in [5.41, 5.74) is 7.03. The Kier molecular flexibility index (Phi) is 2.99. The van der Waals surface area contributed by atoms with Gasteiger partial charge in [-0.2, -0.15) is 5.10 Å². The number of aryl methyl sites for hydroxylation is 3. The molecular weight excluding hydrogens is 200 g/mol. The zero-order valence-corrected chi connectivity index (χ0v) is 10.1. The van der Waals surface area contributed by atoms with Gasteiger partial charge in [0.25, 0.3) is 0 Å². The molecule has 0 saturated heterocycles. The summed E-state index contributed by atoms with van der Waals surface area (Å²) in [6, 6.07) is 4.22. The molecule has 4 heteroatoms. The minimum absolute atomic E-state index is 0.802. The van der Waals surface area contributed by atoms with E-state index in [4.69, 9.17) is 0 Å². The third-order valence-electron chi connectivity index (χ3n) is 2.72. The van der Waals surface area contributed by atoms with Crippen LogP contribution in [0.3, 0.4) is 0 Å². The largest absolute Gasteiger partial charge is 0.321 e. The molecule has 0 saturated carbocycles. The topological polar surface area (TPSA) is 34.8 Å². The van der Waals surface area contributed by atoms with E-state index >= 15 is 0 Å². The first-order chi connectivity index (χ1) is 7.70. The summed E-state index contributed by atoms with van der Waals surface area (Å²) in [4.78, 5) is 0. The van der Waals surface area contributed by atoms with Crippen LogP contribution in [0.2, 0.25) is 0 Å². The van der Waals surface area contributed by atoms with Crippen molar-refractivity contribution in [1.82, 2.24) is 14.5 Å². The molecular formula is C12H18N4. The summed E-state index contributed by atoms with van der Waals surface area (Å²) in [5.74, 6) is 0. The van der Waals surface area contributed by atoms with Crippen LogP contribution in [0.25, 0.3) is 0 Å². The monoisotopic (exact) mass is 218 g/mol. The summed E-state index contributed by atoms with van der Waals surface area (Å²) in [7, 11) is 0. The van der Waals surface area contributed by atoms with Crippen LogP contribution >= 0.6 is 0 Å². The zero-order valence-electron chi connectivity index (χ0n) is 10.1. The van der Waals surface area contributed by atoms with Gasteiger partial charge >= 0.3 is 0 Å². The number of nitrogens with one attached hydrogen (secondary N) is 1. The van der Waals surface area contributed by atoms with E-state index in [1.807, 2.05) is 10.9 Å². The van der Waals surface area contributed by atoms with Crippen LogP contribution in [-0.4, -0.2) is 14.5 Å². The average Bonchev–Trinajstić information content (AvgIpc) is 2.85. The molecule has 0 fully saturated rings. The van der Waals surface area contributed by atoms with Gasteiger partial charge in [0.1, 0.15) is 0 Å². The van der Waals surface area contributed by atoms with Crippen LogP contribution < -0.4 is 5.43 Å². The lowest BCUT2D eigenvalue weighted by molar-refractivity contribution is 0.659. The highest BCUT2D eigenvalue weighted by atomic mass is 15.4. The molecule has 0 aromatic carbocycles. The lowest BCUT2D eigenvalue weighted by Gasteiger charge is -2.11. The lowest BCUT2D eigenvalue weighted by Crippen LogP contribution is -2.16. The Hall–Kier alpha value is -1.71. The second-order valence-corrected chi connectivity index (χ2v) is 3.99. The van der Waals surface area contributed by atoms with Crippen LogP contribution in [-0.2, 0) is 13.1 Å². The molecule has 0 unspecified atom stereocenters. The van der Waals surface area contributed by atoms with Gasteiger partial charge in [-0.25, -0.2) is 0 Å². The van der Waals surface area contributed by atoms with Crippen molar-refractivity contribution in [1.29, 1.82) is 0 Å². The van der Waals surface area contributed by atoms with Crippen molar-refractivity contribution in [2.75, 3.05) is 5.43 Å². The van der Waals surface area contributed by atoms with Gasteiger partial charge in [-0.3, -0.25) is 9.36 Å². The Morgan fingerprint density at radius 2 is 1.94 bits per heavy atom. The minimum Gasteiger partial charge on any atom is -0.321 e. The lowest BCUT2D eigenvalue weighted by atomic mass is 10.4. The van der Waals surface area contributed by atoms with Crippen LogP contribution in [0.4, 0.5) is 0 Å². The average molecular weight is 218 g/mol. The van der Waals surface area contributed by atoms with Gasteiger partial charge in [0, 0.05) is 29.7 Å². The van der Waals surface area contributed by atoms with E-state index in [0.29, 0.717) is 0 Å². The van der Waals surface area contributed by atoms with Crippen LogP contribution in [0.1, 0.15) is 23.9 Å². The van der Waals surface area contributed by atoms with Gasteiger partial charge in [0.15, 0.2) is 0 Å². The first-order valence-corrected chi connectivity index (χ1v) is 5.61. The van der Waals surface area contributed by atoms with Gasteiger partial charge < -0.3 is 5.43 Å². The molecule has 1 N–H and O–H groups in total. The predicted molar refractivity (Wildman–Crippen MR) is 64.9 cm³/mol. The summed E-state index contributed by atoms with van der Waals surface area (Å²) in [6.45, 7) is 7.99. The predicted octanol–water partition coefficient (Wildman–Crippen LogP) is 2.07. The van der Waals surface area contributed by atoms with Gasteiger partial charge in [0.05, 0.1) is 12.7 Å². The molecule has 0 aliphatic carbocycles. The molecule has 2 aromatic heterocycles. The fraction of sp³-hybridized carbons (Fsp3) is 0.417. The third kappa shape index (κ3) is 2.10. The van der Waals surface area contributed by atoms with E-state index < -0.39 is 0 Å². The fourth-order valence-corrected chi connectivity index (χ4v) is 1.76. The number of hydrogen-bond acceptors (Lipinski definition) is 2. The Balaban J connectivity index is 2.02. The highest BCUT2D eigenvalue weighted by Crippen LogP contribution is 2.05. The van der Waals surface area contributed by atoms with Crippen molar-refractivity contribution in [3.05, 3.63) is 41.5 Å². The number of nitrogens with zero attached hydrogens (tertiary/aromatic N) is 3. The maximum Gasteiger partial charge on any atom is 0.0595 e. The van der Waals surface area contributed by atoms with E-state index in [0.717, 1.165) is 13.1 Å². The first-order valence-electron chi connectivity index (χ1n) is 5.61. The molecule has 0 amide bonds. The normalized spacial score (nSPS) is 10.7. The number of rotatable bonds is 4. The van der Waals surface area contributed by atoms with Crippen LogP contribution in [0.5, 0.6) is 0 Å². The Bertz CT molecular complexity index is 448. The Morgan fingerprint density at radius 3 is 2.50 bits per heavy atom. The van der Waals surface area contributed by atoms with E-state index in [2.05, 4.69) is 54.3 Å². The molecule has 2 heterocycles. The van der Waals surface area contributed by atoms with Gasteiger partial charge in [-0.15, -0.1) is 0 Å². The second-order valence-electron chi connectivity index (χ2n) is 3.99. The van der Waals surface area contributed by atoms with E-state index in [1.54, 1.807) is 0 Å². The maximum absolute atomic E-state index is 4.25. The minimum atomic E-state index is 0.802. The van der Waals surface area contributed by atoms with E-state index in [-0.39, 0.29) is 0 Å². The third-order valence-corrected chi connectivity index (χ3v) is 2.72. The second kappa shape index (κ2) is 4.43. The van der Waals surface area contributed by atoms with Crippen molar-refractivity contribution in [2.45, 2.75) is 33.9 Å². The highest BCUT2D eigenvalue weighted by molar-refractivity contribution is 5.16. The number of aromatic nitrogens is 3. The van der Waals surface area contributed by atoms with Crippen molar-refractivity contribution in [2.24, 2.45) is 0 Å². The van der Waals surface area contributed by atoms with Crippen molar-refractivity contribution in [3.8, 4) is 0 Å². The molecule has 2 aromatic rings. The first kappa shape index (κ1) is 10.8. The Labute approximate surface area is 95.9 Å². The molecule has 0 bridgehead atoms. The van der Waals surface area contributed by atoms with E-state index in [9.17, 15) is 0 Å². The van der Waals surface area contributed by atoms with Crippen LogP contribution in [0.15, 0.2) is 24.5 Å². The summed E-state index contributed by atoms with van der Waals surface area (Å²) >= 11 is 0. The van der Waals surface area contributed by atoms with E-state index in [1.165, 1.54) is 17.0 Å². The van der Waals surface area contributed by atoms with Gasteiger partial charge in [-0.05, 0) is 32.9 Å². The van der Waals surface area contributed by atoms with Gasteiger partial charge in [0.2, 0.25) is 0 Å². The SMILES string of the molecule is CCn1cc(CNn2c(C)ccc2C)cn1. The fourth-order valence-electron chi connectivity index (χ4n) is 1.76. The molecule has 0 radical (unpaired) electrons.